The Balaban J connectivity index is 0.000000336. The minimum Gasteiger partial charge on any atom is -0.303 e. The summed E-state index contributed by atoms with van der Waals surface area (Å²) in [6.45, 7) is 4.45. The molecule has 0 fully saturated rings. The second-order valence-corrected chi connectivity index (χ2v) is 5.76. The molecule has 0 bridgehead atoms. The normalized spacial score (nSPS) is 10.9. The predicted molar refractivity (Wildman–Crippen MR) is 60.2 cm³/mol. The third-order valence-electron chi connectivity index (χ3n) is 1.74. The third-order valence-corrected chi connectivity index (χ3v) is 2.41. The van der Waals surface area contributed by atoms with E-state index in [1.165, 1.54) is 36.3 Å². The molecule has 0 atom stereocenters. The zero-order valence-electron chi connectivity index (χ0n) is 9.08. The fourth-order valence-electron chi connectivity index (χ4n) is 0.951. The van der Waals surface area contributed by atoms with Gasteiger partial charge in [0.25, 0.3) is 0 Å². The Bertz CT molecular complexity index is 322. The van der Waals surface area contributed by atoms with Crippen molar-refractivity contribution in [3.63, 3.8) is 0 Å². The molecule has 0 aliphatic rings. The Morgan fingerprint density at radius 1 is 1.13 bits per heavy atom. The van der Waals surface area contributed by atoms with Crippen LogP contribution in [0.25, 0.3) is 0 Å². The summed E-state index contributed by atoms with van der Waals surface area (Å²) >= 11 is 1.17. The van der Waals surface area contributed by atoms with Gasteiger partial charge in [-0.15, -0.1) is 0 Å². The van der Waals surface area contributed by atoms with E-state index in [0.29, 0.717) is 5.92 Å². The Kier molecular flexibility index (Phi) is 6.96. The Labute approximate surface area is 107 Å². The van der Waals surface area contributed by atoms with Gasteiger partial charge in [0, 0.05) is 0 Å². The molecule has 0 saturated carbocycles. The van der Waals surface area contributed by atoms with Crippen molar-refractivity contribution in [2.45, 2.75) is 19.8 Å². The van der Waals surface area contributed by atoms with Crippen LogP contribution in [-0.4, -0.2) is 42.6 Å². The van der Waals surface area contributed by atoms with Gasteiger partial charge in [-0.2, -0.15) is 0 Å². The molecule has 1 aromatic carbocycles. The zero-order valence-corrected chi connectivity index (χ0v) is 12.0. The van der Waals surface area contributed by atoms with Crippen molar-refractivity contribution in [3.05, 3.63) is 29.8 Å². The van der Waals surface area contributed by atoms with Crippen LogP contribution in [0.15, 0.2) is 24.3 Å². The molecule has 0 amide bonds. The van der Waals surface area contributed by atoms with E-state index in [9.17, 15) is 0 Å². The van der Waals surface area contributed by atoms with Crippen LogP contribution < -0.4 is 2.81 Å². The van der Waals surface area contributed by atoms with E-state index in [-0.39, 0.29) is 0 Å². The zero-order chi connectivity index (χ0) is 12.1. The first kappa shape index (κ1) is 15.3. The fourth-order valence-corrected chi connectivity index (χ4v) is 1.28. The van der Waals surface area contributed by atoms with Crippen molar-refractivity contribution in [2.75, 3.05) is 0 Å². The van der Waals surface area contributed by atoms with Crippen LogP contribution in [0.5, 0.6) is 0 Å². The molecule has 0 aliphatic heterocycles. The van der Waals surface area contributed by atoms with Gasteiger partial charge >= 0.3 is 88.2 Å². The molecule has 1 rings (SSSR count). The van der Waals surface area contributed by atoms with E-state index in [0.717, 1.165) is 0 Å². The van der Waals surface area contributed by atoms with E-state index in [2.05, 4.69) is 38.1 Å². The molecule has 0 spiro atoms. The first-order valence-corrected chi connectivity index (χ1v) is 7.11. The topological polar surface area (TPSA) is 77.8 Å². The fraction of sp³-hybridized carbons (Fsp3) is 0.333. The number of benzene rings is 1. The molecule has 0 heterocycles. The maximum atomic E-state index is 8.88. The minimum atomic E-state index is -4.64. The van der Waals surface area contributed by atoms with Crippen LogP contribution in [0.3, 0.4) is 0 Å². The van der Waals surface area contributed by atoms with E-state index in [4.69, 9.17) is 19.2 Å². The van der Waals surface area contributed by atoms with Gasteiger partial charge in [0.15, 0.2) is 0 Å². The maximum Gasteiger partial charge on any atom is 0.466 e. The minimum absolute atomic E-state index is 0.669. The second-order valence-electron chi connectivity index (χ2n) is 3.58. The molecule has 4 nitrogen and oxygen atoms in total. The van der Waals surface area contributed by atoms with Crippen LogP contribution in [0.4, 0.5) is 0 Å². The van der Waals surface area contributed by atoms with Crippen molar-refractivity contribution < 1.29 is 19.2 Å². The maximum absolute atomic E-state index is 8.88. The molecular formula is C9H14NaO4P. The molecule has 0 aliphatic carbocycles. The molecule has 3 N–H and O–H groups in total. The van der Waals surface area contributed by atoms with E-state index >= 15 is 0 Å². The summed E-state index contributed by atoms with van der Waals surface area (Å²) in [6, 6.07) is 8.91. The summed E-state index contributed by atoms with van der Waals surface area (Å²) in [6.07, 6.45) is 0. The molecule has 0 radical (unpaired) electrons. The van der Waals surface area contributed by atoms with Crippen LogP contribution in [-0.2, 0) is 4.57 Å². The molecule has 0 unspecified atom stereocenters. The smallest absolute Gasteiger partial charge is 0.303 e. The van der Waals surface area contributed by atoms with E-state index < -0.39 is 7.82 Å². The average molecular weight is 240 g/mol. The quantitative estimate of drug-likeness (QED) is 0.498. The SMILES string of the molecule is CC(C)c1cc[c]([Na])cc1.O=P(O)(O)O. The van der Waals surface area contributed by atoms with E-state index in [1.54, 1.807) is 0 Å². The van der Waals surface area contributed by atoms with Crippen LogP contribution in [0, 0.1) is 0 Å². The molecule has 1 aromatic rings. The number of hydrogen-bond acceptors (Lipinski definition) is 1. The molecule has 0 aromatic heterocycles. The summed E-state index contributed by atoms with van der Waals surface area (Å²) in [5.74, 6) is 0.669. The summed E-state index contributed by atoms with van der Waals surface area (Å²) in [7, 11) is -4.64. The van der Waals surface area contributed by atoms with Crippen LogP contribution in [0.2, 0.25) is 0 Å². The van der Waals surface area contributed by atoms with Gasteiger partial charge in [0.1, 0.15) is 0 Å². The van der Waals surface area contributed by atoms with Gasteiger partial charge in [-0.25, -0.2) is 4.57 Å². The first-order chi connectivity index (χ1) is 6.70. The Morgan fingerprint density at radius 2 is 1.47 bits per heavy atom. The summed E-state index contributed by atoms with van der Waals surface area (Å²) < 4.78 is 10.4. The second kappa shape index (κ2) is 6.81. The Morgan fingerprint density at radius 3 is 1.73 bits per heavy atom. The van der Waals surface area contributed by atoms with E-state index in [1.807, 2.05) is 0 Å². The standard InChI is InChI=1S/C9H11.Na.H3O4P/c1-8(2)9-6-4-3-5-7-9;;1-5(2,3)4/h4-8H,1-2H3;;(H3,1,2,3,4). The number of rotatable bonds is 1. The van der Waals surface area contributed by atoms with Crippen molar-refractivity contribution in [2.24, 2.45) is 0 Å². The van der Waals surface area contributed by atoms with Gasteiger partial charge < -0.3 is 14.7 Å². The molecular weight excluding hydrogens is 226 g/mol. The largest absolute Gasteiger partial charge is 0.466 e. The van der Waals surface area contributed by atoms with Crippen LogP contribution in [0.1, 0.15) is 25.3 Å². The molecule has 15 heavy (non-hydrogen) atoms. The van der Waals surface area contributed by atoms with Gasteiger partial charge in [-0.1, -0.05) is 0 Å². The summed E-state index contributed by atoms with van der Waals surface area (Å²) in [5.41, 5.74) is 1.44. The van der Waals surface area contributed by atoms with Crippen molar-refractivity contribution in [1.82, 2.24) is 0 Å². The molecule has 0 saturated heterocycles. The van der Waals surface area contributed by atoms with Gasteiger partial charge in [-0.3, -0.25) is 0 Å². The third kappa shape index (κ3) is 10.6. The summed E-state index contributed by atoms with van der Waals surface area (Å²) in [4.78, 5) is 21.6. The van der Waals surface area contributed by atoms with Crippen molar-refractivity contribution in [3.8, 4) is 0 Å². The first-order valence-electron chi connectivity index (χ1n) is 4.55. The molecule has 80 valence electrons. The van der Waals surface area contributed by atoms with Crippen molar-refractivity contribution in [1.29, 1.82) is 0 Å². The van der Waals surface area contributed by atoms with Gasteiger partial charge in [-0.05, 0) is 0 Å². The van der Waals surface area contributed by atoms with Gasteiger partial charge in [0.2, 0.25) is 0 Å². The number of phosphoric acid groups is 1. The van der Waals surface area contributed by atoms with Gasteiger partial charge in [0.05, 0.1) is 0 Å². The van der Waals surface area contributed by atoms with Crippen molar-refractivity contribution >= 4 is 38.6 Å². The molecule has 6 heteroatoms. The Hall–Kier alpha value is 0.330. The summed E-state index contributed by atoms with van der Waals surface area (Å²) in [5, 5.41) is 0. The van der Waals surface area contributed by atoms with Crippen LogP contribution >= 0.6 is 7.82 Å². The average Bonchev–Trinajstić information content (AvgIpc) is 2.01. The predicted octanol–water partition coefficient (Wildman–Crippen LogP) is 0.675. The monoisotopic (exact) mass is 240 g/mol. The number of hydrogen-bond donors (Lipinski definition) is 3.